The van der Waals surface area contributed by atoms with Crippen LogP contribution in [-0.2, 0) is 4.79 Å². The Balaban J connectivity index is 1.96. The summed E-state index contributed by atoms with van der Waals surface area (Å²) < 4.78 is 0. The van der Waals surface area contributed by atoms with E-state index in [1.807, 2.05) is 20.8 Å². The van der Waals surface area contributed by atoms with Gasteiger partial charge in [0.2, 0.25) is 5.91 Å². The molecule has 0 aliphatic heterocycles. The van der Waals surface area contributed by atoms with Gasteiger partial charge in [-0.05, 0) is 63.8 Å². The highest BCUT2D eigenvalue weighted by atomic mass is 16.3. The quantitative estimate of drug-likeness (QED) is 0.781. The monoisotopic (exact) mass is 318 g/mol. The third-order valence-corrected chi connectivity index (χ3v) is 4.57. The summed E-state index contributed by atoms with van der Waals surface area (Å²) >= 11 is 0. The van der Waals surface area contributed by atoms with Gasteiger partial charge in [0.15, 0.2) is 0 Å². The highest BCUT2D eigenvalue weighted by Gasteiger charge is 2.31. The van der Waals surface area contributed by atoms with Crippen LogP contribution in [0.1, 0.15) is 56.8 Å². The lowest BCUT2D eigenvalue weighted by atomic mass is 10.0. The van der Waals surface area contributed by atoms with Gasteiger partial charge >= 0.3 is 0 Å². The van der Waals surface area contributed by atoms with Gasteiger partial charge in [0.25, 0.3) is 5.91 Å². The molecule has 23 heavy (non-hydrogen) atoms. The highest BCUT2D eigenvalue weighted by molar-refractivity contribution is 5.96. The van der Waals surface area contributed by atoms with Gasteiger partial charge < -0.3 is 15.7 Å². The summed E-state index contributed by atoms with van der Waals surface area (Å²) in [6.07, 6.45) is 2.59. The minimum absolute atomic E-state index is 0.124. The second-order valence-corrected chi connectivity index (χ2v) is 6.86. The van der Waals surface area contributed by atoms with Crippen LogP contribution in [0.25, 0.3) is 0 Å². The molecule has 1 aromatic rings. The summed E-state index contributed by atoms with van der Waals surface area (Å²) in [7, 11) is 0. The zero-order valence-electron chi connectivity index (χ0n) is 14.1. The summed E-state index contributed by atoms with van der Waals surface area (Å²) in [6, 6.07) is 6.82. The number of hydrogen-bond donors (Lipinski definition) is 3. The van der Waals surface area contributed by atoms with E-state index in [1.54, 1.807) is 24.3 Å². The molecule has 126 valence electrons. The van der Waals surface area contributed by atoms with Crippen molar-refractivity contribution >= 4 is 17.5 Å². The fraction of sp³-hybridized carbons (Fsp3) is 0.556. The van der Waals surface area contributed by atoms with Gasteiger partial charge in [0.05, 0.1) is 12.0 Å². The third kappa shape index (κ3) is 4.55. The molecule has 1 aliphatic rings. The van der Waals surface area contributed by atoms with E-state index in [4.69, 9.17) is 0 Å². The van der Waals surface area contributed by atoms with Crippen LogP contribution < -0.4 is 10.6 Å². The second kappa shape index (κ2) is 7.13. The van der Waals surface area contributed by atoms with Crippen molar-refractivity contribution in [2.24, 2.45) is 5.92 Å². The zero-order chi connectivity index (χ0) is 17.0. The molecule has 1 aromatic carbocycles. The van der Waals surface area contributed by atoms with Crippen LogP contribution in [0.5, 0.6) is 0 Å². The number of rotatable bonds is 5. The molecular weight excluding hydrogens is 292 g/mol. The topological polar surface area (TPSA) is 78.4 Å². The summed E-state index contributed by atoms with van der Waals surface area (Å²) in [5, 5.41) is 15.6. The summed E-state index contributed by atoms with van der Waals surface area (Å²) in [6.45, 7) is 5.98. The van der Waals surface area contributed by atoms with Crippen LogP contribution in [0, 0.1) is 5.92 Å². The molecule has 0 heterocycles. The average molecular weight is 318 g/mol. The zero-order valence-corrected chi connectivity index (χ0v) is 14.1. The molecule has 2 amide bonds. The van der Waals surface area contributed by atoms with Crippen molar-refractivity contribution in [1.29, 1.82) is 0 Å². The van der Waals surface area contributed by atoms with E-state index in [2.05, 4.69) is 10.6 Å². The van der Waals surface area contributed by atoms with Crippen LogP contribution in [0.4, 0.5) is 5.69 Å². The molecule has 0 saturated heterocycles. The first-order valence-corrected chi connectivity index (χ1v) is 8.24. The molecule has 1 fully saturated rings. The summed E-state index contributed by atoms with van der Waals surface area (Å²) in [5.41, 5.74) is 0.952. The smallest absolute Gasteiger partial charge is 0.251 e. The van der Waals surface area contributed by atoms with E-state index >= 15 is 0 Å². The fourth-order valence-corrected chi connectivity index (χ4v) is 2.65. The van der Waals surface area contributed by atoms with E-state index in [-0.39, 0.29) is 23.3 Å². The molecule has 2 rings (SSSR count). The van der Waals surface area contributed by atoms with Crippen molar-refractivity contribution in [3.8, 4) is 0 Å². The Bertz CT molecular complexity index is 566. The standard InChI is InChI=1S/C18H26N2O3/c1-4-18(2,3)20-16(22)12-8-10-13(11-9-12)19-17(23)14-6-5-7-15(14)21/h8-11,14-15,21H,4-7H2,1-3H3,(H,19,23)(H,20,22). The minimum atomic E-state index is -0.545. The summed E-state index contributed by atoms with van der Waals surface area (Å²) in [5.74, 6) is -0.608. The van der Waals surface area contributed by atoms with E-state index in [1.165, 1.54) is 0 Å². The van der Waals surface area contributed by atoms with E-state index in [0.717, 1.165) is 19.3 Å². The number of anilines is 1. The first kappa shape index (κ1) is 17.5. The third-order valence-electron chi connectivity index (χ3n) is 4.57. The number of nitrogens with one attached hydrogen (secondary N) is 2. The number of aliphatic hydroxyl groups excluding tert-OH is 1. The number of carbonyl (C=O) groups is 2. The Morgan fingerprint density at radius 2 is 1.87 bits per heavy atom. The lowest BCUT2D eigenvalue weighted by Crippen LogP contribution is -2.42. The van der Waals surface area contributed by atoms with Crippen LogP contribution in [0.2, 0.25) is 0 Å². The normalized spacial score (nSPS) is 21.0. The van der Waals surface area contributed by atoms with Crippen molar-refractivity contribution in [2.45, 2.75) is 58.1 Å². The predicted molar refractivity (Wildman–Crippen MR) is 90.3 cm³/mol. The van der Waals surface area contributed by atoms with Crippen LogP contribution in [0.3, 0.4) is 0 Å². The van der Waals surface area contributed by atoms with Gasteiger partial charge in [-0.1, -0.05) is 6.92 Å². The first-order valence-electron chi connectivity index (χ1n) is 8.24. The molecular formula is C18H26N2O3. The number of carbonyl (C=O) groups excluding carboxylic acids is 2. The molecule has 0 radical (unpaired) electrons. The Kier molecular flexibility index (Phi) is 5.42. The van der Waals surface area contributed by atoms with E-state index in [0.29, 0.717) is 17.7 Å². The van der Waals surface area contributed by atoms with Crippen molar-refractivity contribution in [3.05, 3.63) is 29.8 Å². The van der Waals surface area contributed by atoms with Crippen molar-refractivity contribution in [3.63, 3.8) is 0 Å². The Hall–Kier alpha value is -1.88. The van der Waals surface area contributed by atoms with Crippen LogP contribution in [-0.4, -0.2) is 28.6 Å². The Morgan fingerprint density at radius 1 is 1.22 bits per heavy atom. The van der Waals surface area contributed by atoms with E-state index in [9.17, 15) is 14.7 Å². The van der Waals surface area contributed by atoms with Crippen LogP contribution in [0.15, 0.2) is 24.3 Å². The predicted octanol–water partition coefficient (Wildman–Crippen LogP) is 2.70. The molecule has 1 saturated carbocycles. The SMILES string of the molecule is CCC(C)(C)NC(=O)c1ccc(NC(=O)C2CCCC2O)cc1. The Morgan fingerprint density at radius 3 is 2.39 bits per heavy atom. The number of aliphatic hydroxyl groups is 1. The van der Waals surface area contributed by atoms with Gasteiger partial charge in [-0.2, -0.15) is 0 Å². The lowest BCUT2D eigenvalue weighted by Gasteiger charge is -2.24. The largest absolute Gasteiger partial charge is 0.392 e. The van der Waals surface area contributed by atoms with Gasteiger partial charge in [-0.25, -0.2) is 0 Å². The molecule has 1 aliphatic carbocycles. The molecule has 2 atom stereocenters. The molecule has 5 heteroatoms. The fourth-order valence-electron chi connectivity index (χ4n) is 2.65. The molecule has 0 bridgehead atoms. The maximum Gasteiger partial charge on any atom is 0.251 e. The Labute approximate surface area is 137 Å². The lowest BCUT2D eigenvalue weighted by molar-refractivity contribution is -0.122. The van der Waals surface area contributed by atoms with Gasteiger partial charge in [0, 0.05) is 16.8 Å². The number of amides is 2. The summed E-state index contributed by atoms with van der Waals surface area (Å²) in [4.78, 5) is 24.3. The van der Waals surface area contributed by atoms with Crippen molar-refractivity contribution in [2.75, 3.05) is 5.32 Å². The van der Waals surface area contributed by atoms with Gasteiger partial charge in [-0.3, -0.25) is 9.59 Å². The number of benzene rings is 1. The number of hydrogen-bond acceptors (Lipinski definition) is 3. The van der Waals surface area contributed by atoms with E-state index < -0.39 is 6.10 Å². The maximum absolute atomic E-state index is 12.2. The molecule has 0 aromatic heterocycles. The van der Waals surface area contributed by atoms with Gasteiger partial charge in [0.1, 0.15) is 0 Å². The first-order chi connectivity index (χ1) is 10.8. The average Bonchev–Trinajstić information content (AvgIpc) is 2.94. The second-order valence-electron chi connectivity index (χ2n) is 6.86. The molecule has 2 unspecified atom stereocenters. The molecule has 3 N–H and O–H groups in total. The molecule has 5 nitrogen and oxygen atoms in total. The minimum Gasteiger partial charge on any atom is -0.392 e. The molecule has 0 spiro atoms. The maximum atomic E-state index is 12.2. The van der Waals surface area contributed by atoms with Gasteiger partial charge in [-0.15, -0.1) is 0 Å². The van der Waals surface area contributed by atoms with Crippen LogP contribution >= 0.6 is 0 Å². The van der Waals surface area contributed by atoms with Crippen molar-refractivity contribution < 1.29 is 14.7 Å². The highest BCUT2D eigenvalue weighted by Crippen LogP contribution is 2.26. The van der Waals surface area contributed by atoms with Crippen molar-refractivity contribution in [1.82, 2.24) is 5.32 Å².